The van der Waals surface area contributed by atoms with Gasteiger partial charge in [-0.05, 0) is 50.6 Å². The number of nitrogens with zero attached hydrogens (tertiary/aromatic N) is 1. The van der Waals surface area contributed by atoms with Gasteiger partial charge in [-0.25, -0.2) is 4.98 Å². The Bertz CT molecular complexity index is 570. The highest BCUT2D eigenvalue weighted by Gasteiger charge is 2.06. The van der Waals surface area contributed by atoms with Crippen LogP contribution >= 0.6 is 0 Å². The van der Waals surface area contributed by atoms with Crippen molar-refractivity contribution in [3.63, 3.8) is 0 Å². The molecular weight excluding hydrogens is 264 g/mol. The monoisotopic (exact) mass is 286 g/mol. The zero-order valence-electron chi connectivity index (χ0n) is 12.8. The summed E-state index contributed by atoms with van der Waals surface area (Å²) >= 11 is 0. The molecule has 0 spiro atoms. The summed E-state index contributed by atoms with van der Waals surface area (Å²) in [5, 5.41) is 3.31. The van der Waals surface area contributed by atoms with Crippen molar-refractivity contribution < 1.29 is 9.47 Å². The van der Waals surface area contributed by atoms with Gasteiger partial charge in [0, 0.05) is 12.7 Å². The zero-order chi connectivity index (χ0) is 15.1. The van der Waals surface area contributed by atoms with Gasteiger partial charge in [0.05, 0.1) is 12.7 Å². The van der Waals surface area contributed by atoms with E-state index >= 15 is 0 Å². The molecule has 0 saturated carbocycles. The molecule has 1 heterocycles. The molecule has 112 valence electrons. The van der Waals surface area contributed by atoms with E-state index in [1.54, 1.807) is 6.20 Å². The van der Waals surface area contributed by atoms with Gasteiger partial charge in [-0.1, -0.05) is 12.1 Å². The van der Waals surface area contributed by atoms with Crippen LogP contribution in [0.15, 0.2) is 42.6 Å². The Balaban J connectivity index is 2.04. The summed E-state index contributed by atoms with van der Waals surface area (Å²) in [5.41, 5.74) is 1.14. The summed E-state index contributed by atoms with van der Waals surface area (Å²) in [5.74, 6) is 2.41. The fourth-order valence-electron chi connectivity index (χ4n) is 1.97. The van der Waals surface area contributed by atoms with Gasteiger partial charge in [-0.3, -0.25) is 0 Å². The number of hydrogen-bond donors (Lipinski definition) is 1. The minimum absolute atomic E-state index is 0.121. The molecule has 4 nitrogen and oxygen atoms in total. The van der Waals surface area contributed by atoms with Crippen LogP contribution in [0.4, 0.5) is 5.82 Å². The van der Waals surface area contributed by atoms with Crippen LogP contribution in [0.25, 0.3) is 0 Å². The molecule has 0 saturated heterocycles. The number of pyridine rings is 1. The molecule has 4 heteroatoms. The van der Waals surface area contributed by atoms with Gasteiger partial charge in [0.15, 0.2) is 11.6 Å². The molecule has 2 aromatic rings. The van der Waals surface area contributed by atoms with Crippen LogP contribution in [0.3, 0.4) is 0 Å². The third-order valence-electron chi connectivity index (χ3n) is 2.80. The van der Waals surface area contributed by atoms with Crippen LogP contribution in [-0.4, -0.2) is 17.7 Å². The molecule has 0 amide bonds. The molecule has 1 N–H and O–H groups in total. The van der Waals surface area contributed by atoms with E-state index in [0.29, 0.717) is 13.2 Å². The van der Waals surface area contributed by atoms with E-state index in [9.17, 15) is 0 Å². The summed E-state index contributed by atoms with van der Waals surface area (Å²) in [6.07, 6.45) is 1.88. The Morgan fingerprint density at radius 3 is 2.81 bits per heavy atom. The van der Waals surface area contributed by atoms with Gasteiger partial charge in [0.2, 0.25) is 0 Å². The largest absolute Gasteiger partial charge is 0.494 e. The van der Waals surface area contributed by atoms with Crippen LogP contribution < -0.4 is 14.8 Å². The van der Waals surface area contributed by atoms with E-state index in [0.717, 1.165) is 22.9 Å². The first-order valence-electron chi connectivity index (χ1n) is 7.26. The number of ether oxygens (including phenoxy) is 2. The lowest BCUT2D eigenvalue weighted by Gasteiger charge is -2.14. The van der Waals surface area contributed by atoms with Crippen molar-refractivity contribution in [3.8, 4) is 11.5 Å². The van der Waals surface area contributed by atoms with Gasteiger partial charge in [-0.15, -0.1) is 0 Å². The number of hydrogen-bond acceptors (Lipinski definition) is 4. The van der Waals surface area contributed by atoms with Gasteiger partial charge in [0.25, 0.3) is 0 Å². The molecule has 0 bridgehead atoms. The lowest BCUT2D eigenvalue weighted by atomic mass is 10.2. The highest BCUT2D eigenvalue weighted by molar-refractivity contribution is 5.50. The van der Waals surface area contributed by atoms with Gasteiger partial charge in [-0.2, -0.15) is 0 Å². The minimum atomic E-state index is 0.121. The molecule has 2 rings (SSSR count). The Morgan fingerprint density at radius 1 is 1.19 bits per heavy atom. The lowest BCUT2D eigenvalue weighted by molar-refractivity contribution is 0.243. The SMILES string of the molecule is CCOc1cccc(CNc2ncccc2OC(C)C)c1. The molecule has 0 aliphatic carbocycles. The molecular formula is C17H22N2O2. The second-order valence-electron chi connectivity index (χ2n) is 4.95. The first kappa shape index (κ1) is 15.2. The predicted octanol–water partition coefficient (Wildman–Crippen LogP) is 3.88. The van der Waals surface area contributed by atoms with Crippen molar-refractivity contribution in [3.05, 3.63) is 48.2 Å². The maximum Gasteiger partial charge on any atom is 0.169 e. The molecule has 0 aliphatic heterocycles. The first-order valence-corrected chi connectivity index (χ1v) is 7.26. The summed E-state index contributed by atoms with van der Waals surface area (Å²) in [6, 6.07) is 11.8. The molecule has 0 unspecified atom stereocenters. The average Bonchev–Trinajstić information content (AvgIpc) is 2.47. The van der Waals surface area contributed by atoms with E-state index in [2.05, 4.69) is 16.4 Å². The van der Waals surface area contributed by atoms with E-state index in [4.69, 9.17) is 9.47 Å². The number of rotatable bonds is 7. The quantitative estimate of drug-likeness (QED) is 0.839. The molecule has 0 radical (unpaired) electrons. The number of aromatic nitrogens is 1. The van der Waals surface area contributed by atoms with Crippen molar-refractivity contribution in [1.29, 1.82) is 0 Å². The Labute approximate surface area is 126 Å². The second kappa shape index (κ2) is 7.53. The minimum Gasteiger partial charge on any atom is -0.494 e. The summed E-state index contributed by atoms with van der Waals surface area (Å²) < 4.78 is 11.3. The first-order chi connectivity index (χ1) is 10.2. The zero-order valence-corrected chi connectivity index (χ0v) is 12.8. The Kier molecular flexibility index (Phi) is 5.43. The molecule has 1 aromatic heterocycles. The fourth-order valence-corrected chi connectivity index (χ4v) is 1.97. The normalized spacial score (nSPS) is 10.5. The number of benzene rings is 1. The lowest BCUT2D eigenvalue weighted by Crippen LogP contribution is -2.09. The molecule has 1 aromatic carbocycles. The van der Waals surface area contributed by atoms with E-state index < -0.39 is 0 Å². The highest BCUT2D eigenvalue weighted by atomic mass is 16.5. The van der Waals surface area contributed by atoms with Crippen molar-refractivity contribution in [1.82, 2.24) is 4.98 Å². The topological polar surface area (TPSA) is 43.4 Å². The molecule has 21 heavy (non-hydrogen) atoms. The molecule has 0 fully saturated rings. The van der Waals surface area contributed by atoms with Crippen molar-refractivity contribution in [2.75, 3.05) is 11.9 Å². The second-order valence-corrected chi connectivity index (χ2v) is 4.95. The van der Waals surface area contributed by atoms with Crippen LogP contribution in [0, 0.1) is 0 Å². The van der Waals surface area contributed by atoms with Crippen LogP contribution in [0.2, 0.25) is 0 Å². The fraction of sp³-hybridized carbons (Fsp3) is 0.353. The van der Waals surface area contributed by atoms with Gasteiger partial charge < -0.3 is 14.8 Å². The van der Waals surface area contributed by atoms with E-state index in [1.165, 1.54) is 0 Å². The third-order valence-corrected chi connectivity index (χ3v) is 2.80. The third kappa shape index (κ3) is 4.67. The van der Waals surface area contributed by atoms with Gasteiger partial charge >= 0.3 is 0 Å². The smallest absolute Gasteiger partial charge is 0.169 e. The van der Waals surface area contributed by atoms with Crippen LogP contribution in [-0.2, 0) is 6.54 Å². The highest BCUT2D eigenvalue weighted by Crippen LogP contribution is 2.23. The van der Waals surface area contributed by atoms with E-state index in [-0.39, 0.29) is 6.10 Å². The Hall–Kier alpha value is -2.23. The maximum atomic E-state index is 5.75. The van der Waals surface area contributed by atoms with E-state index in [1.807, 2.05) is 51.1 Å². The predicted molar refractivity (Wildman–Crippen MR) is 84.9 cm³/mol. The average molecular weight is 286 g/mol. The van der Waals surface area contributed by atoms with Crippen LogP contribution in [0.1, 0.15) is 26.3 Å². The Morgan fingerprint density at radius 2 is 2.05 bits per heavy atom. The van der Waals surface area contributed by atoms with Crippen LogP contribution in [0.5, 0.6) is 11.5 Å². The molecule has 0 aliphatic rings. The standard InChI is InChI=1S/C17H22N2O2/c1-4-20-15-8-5-7-14(11-15)12-19-17-16(21-13(2)3)9-6-10-18-17/h5-11,13H,4,12H2,1-3H3,(H,18,19). The van der Waals surface area contributed by atoms with Crippen molar-refractivity contribution in [2.45, 2.75) is 33.4 Å². The molecule has 0 atom stereocenters. The summed E-state index contributed by atoms with van der Waals surface area (Å²) in [7, 11) is 0. The van der Waals surface area contributed by atoms with Crippen molar-refractivity contribution >= 4 is 5.82 Å². The number of anilines is 1. The maximum absolute atomic E-state index is 5.75. The van der Waals surface area contributed by atoms with Gasteiger partial charge in [0.1, 0.15) is 5.75 Å². The summed E-state index contributed by atoms with van der Waals surface area (Å²) in [4.78, 5) is 4.34. The van der Waals surface area contributed by atoms with Crippen molar-refractivity contribution in [2.24, 2.45) is 0 Å². The number of nitrogens with one attached hydrogen (secondary N) is 1. The summed E-state index contributed by atoms with van der Waals surface area (Å²) in [6.45, 7) is 7.33.